The number of nitriles is 2. The van der Waals surface area contributed by atoms with Gasteiger partial charge in [0.1, 0.15) is 11.6 Å². The lowest BCUT2D eigenvalue weighted by Crippen LogP contribution is -2.38. The molecule has 0 spiro atoms. The van der Waals surface area contributed by atoms with Gasteiger partial charge in [-0.25, -0.2) is 4.99 Å². The minimum atomic E-state index is -5.30. The number of aromatic amines is 1. The van der Waals surface area contributed by atoms with Crippen LogP contribution in [0.25, 0.3) is 10.9 Å². The number of hydrogen-bond acceptors (Lipinski definition) is 4. The first-order valence-electron chi connectivity index (χ1n) is 7.70. The molecule has 0 bridgehead atoms. The second kappa shape index (κ2) is 6.37. The van der Waals surface area contributed by atoms with Gasteiger partial charge in [-0.2, -0.15) is 42.0 Å². The number of aliphatic imine (C=N–C) groups is 1. The number of hydrogen-bond donors (Lipinski definition) is 1. The van der Waals surface area contributed by atoms with E-state index in [0.717, 1.165) is 0 Å². The molecular weight excluding hydrogens is 388 g/mol. The third-order valence-corrected chi connectivity index (χ3v) is 4.37. The third-order valence-electron chi connectivity index (χ3n) is 4.37. The Balaban J connectivity index is 2.33. The summed E-state index contributed by atoms with van der Waals surface area (Å²) in [7, 11) is 0. The number of alkyl halides is 6. The smallest absolute Gasteiger partial charge is 0.282 e. The zero-order chi connectivity index (χ0) is 20.9. The second-order valence-corrected chi connectivity index (χ2v) is 6.08. The lowest BCUT2D eigenvalue weighted by Gasteiger charge is -2.30. The van der Waals surface area contributed by atoms with Gasteiger partial charge in [-0.05, 0) is 24.6 Å². The molecule has 2 aromatic rings. The first kappa shape index (κ1) is 19.4. The Bertz CT molecular complexity index is 1090. The minimum Gasteiger partial charge on any atom is -0.282 e. The third kappa shape index (κ3) is 3.09. The van der Waals surface area contributed by atoms with Crippen LogP contribution in [0.3, 0.4) is 0 Å². The van der Waals surface area contributed by atoms with Crippen LogP contribution < -0.4 is 0 Å². The lowest BCUT2D eigenvalue weighted by atomic mass is 9.76. The van der Waals surface area contributed by atoms with E-state index in [4.69, 9.17) is 0 Å². The number of fused-ring (bicyclic) bond motifs is 1. The average Bonchev–Trinajstić information content (AvgIpc) is 2.98. The number of nitrogens with zero attached hydrogens (tertiary/aromatic N) is 4. The van der Waals surface area contributed by atoms with Crippen LogP contribution in [0, 0.1) is 35.5 Å². The molecule has 1 N–H and O–H groups in total. The van der Waals surface area contributed by atoms with Crippen molar-refractivity contribution >= 4 is 16.6 Å². The highest BCUT2D eigenvalue weighted by Crippen LogP contribution is 2.46. The normalized spacial score (nSPS) is 20.7. The van der Waals surface area contributed by atoms with E-state index in [1.807, 2.05) is 0 Å². The summed E-state index contributed by atoms with van der Waals surface area (Å²) < 4.78 is 80.1. The fourth-order valence-electron chi connectivity index (χ4n) is 3.14. The molecule has 1 aromatic heterocycles. The second-order valence-electron chi connectivity index (χ2n) is 6.08. The zero-order valence-corrected chi connectivity index (χ0v) is 13.9. The summed E-state index contributed by atoms with van der Waals surface area (Å²) in [5.74, 6) is -3.88. The van der Waals surface area contributed by atoms with Crippen molar-refractivity contribution in [2.24, 2.45) is 10.9 Å². The van der Waals surface area contributed by atoms with Gasteiger partial charge in [0.2, 0.25) is 0 Å². The standard InChI is InChI=1S/C17H9F6N5/c1-7-9-4-8(2-3-12(9)28-27-7)13-10(5-24)14(16(18,19)20)26-15(11(13)6-25)17(21,22)23/h2-4,10,13H,1H3,(H,27,28). The molecule has 0 saturated carbocycles. The highest BCUT2D eigenvalue weighted by atomic mass is 19.4. The van der Waals surface area contributed by atoms with E-state index < -0.39 is 41.2 Å². The highest BCUT2D eigenvalue weighted by Gasteiger charge is 2.52. The van der Waals surface area contributed by atoms with Gasteiger partial charge in [0.25, 0.3) is 0 Å². The van der Waals surface area contributed by atoms with Crippen LogP contribution in [0.5, 0.6) is 0 Å². The lowest BCUT2D eigenvalue weighted by molar-refractivity contribution is -0.0950. The first-order valence-corrected chi connectivity index (χ1v) is 7.70. The maximum absolute atomic E-state index is 13.4. The summed E-state index contributed by atoms with van der Waals surface area (Å²) in [5.41, 5.74) is -3.93. The average molecular weight is 397 g/mol. The Morgan fingerprint density at radius 2 is 1.75 bits per heavy atom. The molecule has 11 heteroatoms. The first-order chi connectivity index (χ1) is 13.0. The van der Waals surface area contributed by atoms with Crippen molar-refractivity contribution in [2.75, 3.05) is 0 Å². The maximum atomic E-state index is 13.4. The van der Waals surface area contributed by atoms with Crippen molar-refractivity contribution in [3.63, 3.8) is 0 Å². The van der Waals surface area contributed by atoms with Crippen molar-refractivity contribution in [1.82, 2.24) is 10.2 Å². The van der Waals surface area contributed by atoms with Gasteiger partial charge in [0.05, 0.1) is 23.2 Å². The van der Waals surface area contributed by atoms with Crippen LogP contribution in [0.1, 0.15) is 17.2 Å². The number of H-pyrrole nitrogens is 1. The summed E-state index contributed by atoms with van der Waals surface area (Å²) in [6.07, 6.45) is -10.6. The Morgan fingerprint density at radius 1 is 1.07 bits per heavy atom. The number of nitrogens with one attached hydrogen (secondary N) is 1. The summed E-state index contributed by atoms with van der Waals surface area (Å²) in [4.78, 5) is 2.66. The van der Waals surface area contributed by atoms with Crippen LogP contribution in [0.4, 0.5) is 26.3 Å². The number of aromatic nitrogens is 2. The molecule has 2 atom stereocenters. The van der Waals surface area contributed by atoms with Gasteiger partial charge in [0.15, 0.2) is 5.70 Å². The van der Waals surface area contributed by atoms with E-state index in [-0.39, 0.29) is 5.56 Å². The van der Waals surface area contributed by atoms with Gasteiger partial charge >= 0.3 is 12.4 Å². The molecule has 1 aromatic carbocycles. The predicted octanol–water partition coefficient (Wildman–Crippen LogP) is 4.45. The van der Waals surface area contributed by atoms with Crippen LogP contribution >= 0.6 is 0 Å². The Morgan fingerprint density at radius 3 is 2.29 bits per heavy atom. The van der Waals surface area contributed by atoms with Gasteiger partial charge < -0.3 is 0 Å². The molecule has 0 fully saturated rings. The molecule has 2 unspecified atom stereocenters. The molecule has 1 aliphatic rings. The molecule has 1 aliphatic heterocycles. The van der Waals surface area contributed by atoms with Crippen LogP contribution in [-0.4, -0.2) is 28.3 Å². The molecule has 5 nitrogen and oxygen atoms in total. The quantitative estimate of drug-likeness (QED) is 0.721. The minimum absolute atomic E-state index is 0.0431. The largest absolute Gasteiger partial charge is 0.434 e. The number of rotatable bonds is 1. The van der Waals surface area contributed by atoms with E-state index >= 15 is 0 Å². The molecule has 28 heavy (non-hydrogen) atoms. The molecule has 144 valence electrons. The van der Waals surface area contributed by atoms with E-state index in [0.29, 0.717) is 16.6 Å². The SMILES string of the molecule is Cc1[nH]nc2ccc(C3C(C#N)=C(C(F)(F)F)N=C(C(F)(F)F)C3C#N)cc12. The van der Waals surface area contributed by atoms with Gasteiger partial charge in [-0.3, -0.25) is 5.10 Å². The predicted molar refractivity (Wildman–Crippen MR) is 84.9 cm³/mol. The van der Waals surface area contributed by atoms with Crippen LogP contribution in [0.15, 0.2) is 34.5 Å². The summed E-state index contributed by atoms with van der Waals surface area (Å²) >= 11 is 0. The monoisotopic (exact) mass is 397 g/mol. The molecule has 0 radical (unpaired) electrons. The molecular formula is C17H9F6N5. The van der Waals surface area contributed by atoms with Crippen molar-refractivity contribution in [3.8, 4) is 12.1 Å². The number of allylic oxidation sites excluding steroid dienone is 2. The van der Waals surface area contributed by atoms with E-state index in [1.165, 1.54) is 30.3 Å². The van der Waals surface area contributed by atoms with Crippen molar-refractivity contribution < 1.29 is 26.3 Å². The van der Waals surface area contributed by atoms with E-state index in [2.05, 4.69) is 15.2 Å². The van der Waals surface area contributed by atoms with Crippen molar-refractivity contribution in [2.45, 2.75) is 25.2 Å². The summed E-state index contributed by atoms with van der Waals surface area (Å²) in [6.45, 7) is 1.62. The van der Waals surface area contributed by atoms with Gasteiger partial charge in [0, 0.05) is 17.0 Å². The van der Waals surface area contributed by atoms with E-state index in [1.54, 1.807) is 6.92 Å². The molecule has 3 rings (SSSR count). The van der Waals surface area contributed by atoms with Gasteiger partial charge in [-0.1, -0.05) is 6.07 Å². The van der Waals surface area contributed by atoms with Crippen molar-refractivity contribution in [1.29, 1.82) is 10.5 Å². The summed E-state index contributed by atoms with van der Waals surface area (Å²) in [6, 6.07) is 6.66. The highest BCUT2D eigenvalue weighted by molar-refractivity contribution is 5.97. The van der Waals surface area contributed by atoms with Crippen LogP contribution in [-0.2, 0) is 0 Å². The molecule has 0 amide bonds. The fourth-order valence-corrected chi connectivity index (χ4v) is 3.14. The topological polar surface area (TPSA) is 88.6 Å². The van der Waals surface area contributed by atoms with Crippen molar-refractivity contribution in [3.05, 3.63) is 40.7 Å². The fraction of sp³-hybridized carbons (Fsp3) is 0.294. The van der Waals surface area contributed by atoms with Gasteiger partial charge in [-0.15, -0.1) is 0 Å². The van der Waals surface area contributed by atoms with E-state index in [9.17, 15) is 36.9 Å². The molecule has 0 aliphatic carbocycles. The summed E-state index contributed by atoms with van der Waals surface area (Å²) in [5, 5.41) is 25.7. The molecule has 0 saturated heterocycles. The zero-order valence-electron chi connectivity index (χ0n) is 13.9. The Kier molecular flexibility index (Phi) is 4.42. The Hall–Kier alpha value is -3.34. The number of aryl methyl sites for hydroxylation is 1. The van der Waals surface area contributed by atoms with Crippen LogP contribution in [0.2, 0.25) is 0 Å². The number of halogens is 6. The maximum Gasteiger partial charge on any atom is 0.434 e. The Labute approximate surface area is 153 Å². The molecule has 2 heterocycles. The number of benzene rings is 1.